The third-order valence-corrected chi connectivity index (χ3v) is 9.99. The van der Waals surface area contributed by atoms with Crippen LogP contribution in [0.25, 0.3) is 0 Å². The molecule has 0 rings (SSSR count). The SMILES string of the molecule is CCCCCCCCC=CCCCCCCCC(=O)OC.CCCCCCCCC=CCCCCCCCC(=O)OCC(O)CO.CCCCCCCCC=CO. The van der Waals surface area contributed by atoms with E-state index in [0.717, 1.165) is 51.2 Å². The van der Waals surface area contributed by atoms with Gasteiger partial charge >= 0.3 is 11.9 Å². The van der Waals surface area contributed by atoms with E-state index in [2.05, 4.69) is 49.8 Å². The number of carbonyl (C=O) groups excluding carboxylic acids is 2. The van der Waals surface area contributed by atoms with Crippen molar-refractivity contribution in [3.63, 3.8) is 0 Å². The molecule has 0 aliphatic rings. The average molecular weight is 809 g/mol. The molecule has 57 heavy (non-hydrogen) atoms. The molecule has 0 saturated carbocycles. The van der Waals surface area contributed by atoms with Crippen molar-refractivity contribution in [2.75, 3.05) is 20.3 Å². The highest BCUT2D eigenvalue weighted by Crippen LogP contribution is 2.12. The van der Waals surface area contributed by atoms with Crippen LogP contribution in [0.15, 0.2) is 36.6 Å². The molecule has 0 bridgehead atoms. The molecule has 0 aromatic rings. The number of hydrogen-bond donors (Lipinski definition) is 3. The van der Waals surface area contributed by atoms with Crippen molar-refractivity contribution in [3.05, 3.63) is 36.6 Å². The summed E-state index contributed by atoms with van der Waals surface area (Å²) >= 11 is 0. The van der Waals surface area contributed by atoms with Gasteiger partial charge in [0.05, 0.1) is 20.0 Å². The van der Waals surface area contributed by atoms with Crippen molar-refractivity contribution in [2.24, 2.45) is 0 Å². The summed E-state index contributed by atoms with van der Waals surface area (Å²) in [7, 11) is 1.46. The van der Waals surface area contributed by atoms with E-state index in [4.69, 9.17) is 20.1 Å². The summed E-state index contributed by atoms with van der Waals surface area (Å²) < 4.78 is 9.48. The van der Waals surface area contributed by atoms with E-state index in [-0.39, 0.29) is 25.2 Å². The minimum absolute atomic E-state index is 0.0763. The van der Waals surface area contributed by atoms with Crippen molar-refractivity contribution < 1.29 is 34.4 Å². The maximum Gasteiger partial charge on any atom is 0.305 e. The quantitative estimate of drug-likeness (QED) is 0.0244. The third-order valence-electron chi connectivity index (χ3n) is 9.99. The highest BCUT2D eigenvalue weighted by Gasteiger charge is 2.07. The molecule has 7 nitrogen and oxygen atoms in total. The average Bonchev–Trinajstić information content (AvgIpc) is 3.22. The van der Waals surface area contributed by atoms with Gasteiger partial charge in [0.15, 0.2) is 0 Å². The van der Waals surface area contributed by atoms with Gasteiger partial charge in [-0.3, -0.25) is 9.59 Å². The fourth-order valence-electron chi connectivity index (χ4n) is 6.21. The van der Waals surface area contributed by atoms with Gasteiger partial charge in [0, 0.05) is 12.8 Å². The molecular weight excluding hydrogens is 713 g/mol. The monoisotopic (exact) mass is 809 g/mol. The minimum Gasteiger partial charge on any atom is -0.516 e. The van der Waals surface area contributed by atoms with Crippen molar-refractivity contribution in [1.29, 1.82) is 0 Å². The summed E-state index contributed by atoms with van der Waals surface area (Å²) in [5.74, 6) is -0.363. The summed E-state index contributed by atoms with van der Waals surface area (Å²) in [6.45, 7) is 6.27. The normalized spacial score (nSPS) is 11.8. The molecule has 1 unspecified atom stereocenters. The van der Waals surface area contributed by atoms with Crippen LogP contribution in [0.4, 0.5) is 0 Å². The number of carbonyl (C=O) groups is 2. The number of rotatable bonds is 40. The highest BCUT2D eigenvalue weighted by molar-refractivity contribution is 5.69. The van der Waals surface area contributed by atoms with E-state index in [1.54, 1.807) is 0 Å². The molecule has 0 aromatic carbocycles. The first-order chi connectivity index (χ1) is 27.9. The molecule has 0 radical (unpaired) electrons. The molecule has 1 atom stereocenters. The molecule has 3 N–H and O–H groups in total. The van der Waals surface area contributed by atoms with Crippen molar-refractivity contribution in [3.8, 4) is 0 Å². The van der Waals surface area contributed by atoms with Crippen molar-refractivity contribution in [1.82, 2.24) is 0 Å². The second-order valence-electron chi connectivity index (χ2n) is 15.7. The van der Waals surface area contributed by atoms with Gasteiger partial charge < -0.3 is 24.8 Å². The Hall–Kier alpha value is -2.12. The van der Waals surface area contributed by atoms with Crippen LogP contribution in [0.5, 0.6) is 0 Å². The Morgan fingerprint density at radius 1 is 0.456 bits per heavy atom. The summed E-state index contributed by atoms with van der Waals surface area (Å²) in [4.78, 5) is 22.3. The zero-order valence-electron chi connectivity index (χ0n) is 38.2. The lowest BCUT2D eigenvalue weighted by atomic mass is 10.1. The Morgan fingerprint density at radius 2 is 0.754 bits per heavy atom. The molecule has 7 heteroatoms. The lowest BCUT2D eigenvalue weighted by Gasteiger charge is -2.08. The Bertz CT molecular complexity index is 854. The van der Waals surface area contributed by atoms with Crippen LogP contribution in [0, 0.1) is 0 Å². The Balaban J connectivity index is -0.000000822. The summed E-state index contributed by atoms with van der Waals surface area (Å²) in [6.07, 6.45) is 54.0. The lowest BCUT2D eigenvalue weighted by molar-refractivity contribution is -0.147. The Morgan fingerprint density at radius 3 is 1.07 bits per heavy atom. The number of methoxy groups -OCH3 is 1. The molecular formula is C50H96O7. The zero-order chi connectivity index (χ0) is 42.6. The predicted octanol–water partition coefficient (Wildman–Crippen LogP) is 14.9. The van der Waals surface area contributed by atoms with Crippen LogP contribution < -0.4 is 0 Å². The van der Waals surface area contributed by atoms with Gasteiger partial charge in [0.2, 0.25) is 0 Å². The molecule has 0 spiro atoms. The largest absolute Gasteiger partial charge is 0.516 e. The molecule has 0 aromatic heterocycles. The van der Waals surface area contributed by atoms with Crippen molar-refractivity contribution in [2.45, 2.75) is 252 Å². The molecule has 0 heterocycles. The maximum atomic E-state index is 11.4. The molecule has 0 aliphatic carbocycles. The van der Waals surface area contributed by atoms with E-state index >= 15 is 0 Å². The zero-order valence-corrected chi connectivity index (χ0v) is 38.2. The minimum atomic E-state index is -0.960. The maximum absolute atomic E-state index is 11.4. The highest BCUT2D eigenvalue weighted by atomic mass is 16.5. The van der Waals surface area contributed by atoms with Crippen LogP contribution in [0.1, 0.15) is 245 Å². The molecule has 0 aliphatic heterocycles. The Labute approximate surface area is 353 Å². The predicted molar refractivity (Wildman–Crippen MR) is 245 cm³/mol. The first kappa shape index (κ1) is 59.2. The molecule has 0 amide bonds. The van der Waals surface area contributed by atoms with Gasteiger partial charge in [0.25, 0.3) is 0 Å². The van der Waals surface area contributed by atoms with Crippen LogP contribution in [-0.2, 0) is 19.1 Å². The fourth-order valence-corrected chi connectivity index (χ4v) is 6.21. The van der Waals surface area contributed by atoms with Gasteiger partial charge in [-0.05, 0) is 77.0 Å². The van der Waals surface area contributed by atoms with Crippen LogP contribution >= 0.6 is 0 Å². The van der Waals surface area contributed by atoms with E-state index in [1.165, 1.54) is 174 Å². The summed E-state index contributed by atoms with van der Waals surface area (Å²) in [5.41, 5.74) is 0. The number of aliphatic hydroxyl groups excluding tert-OH is 3. The van der Waals surface area contributed by atoms with Gasteiger partial charge in [0.1, 0.15) is 12.7 Å². The van der Waals surface area contributed by atoms with E-state index < -0.39 is 6.10 Å². The topological polar surface area (TPSA) is 113 Å². The van der Waals surface area contributed by atoms with Gasteiger partial charge in [-0.25, -0.2) is 0 Å². The number of esters is 2. The first-order valence-corrected chi connectivity index (χ1v) is 24.0. The first-order valence-electron chi connectivity index (χ1n) is 24.0. The second-order valence-corrected chi connectivity index (χ2v) is 15.7. The number of hydrogen-bond acceptors (Lipinski definition) is 7. The van der Waals surface area contributed by atoms with Crippen LogP contribution in [0.3, 0.4) is 0 Å². The summed E-state index contributed by atoms with van der Waals surface area (Å²) in [5, 5.41) is 26.0. The second kappa shape index (κ2) is 56.0. The number of unbranched alkanes of at least 4 members (excludes halogenated alkanes) is 28. The van der Waals surface area contributed by atoms with Crippen LogP contribution in [-0.4, -0.2) is 53.7 Å². The smallest absolute Gasteiger partial charge is 0.305 e. The van der Waals surface area contributed by atoms with E-state index in [9.17, 15) is 9.59 Å². The van der Waals surface area contributed by atoms with Gasteiger partial charge in [-0.15, -0.1) is 0 Å². The fraction of sp³-hybridized carbons (Fsp3) is 0.840. The number of aliphatic hydroxyl groups is 3. The van der Waals surface area contributed by atoms with Crippen LogP contribution in [0.2, 0.25) is 0 Å². The van der Waals surface area contributed by atoms with Gasteiger partial charge in [-0.2, -0.15) is 0 Å². The number of allylic oxidation sites excluding steroid dienone is 5. The van der Waals surface area contributed by atoms with E-state index in [1.807, 2.05) is 6.08 Å². The summed E-state index contributed by atoms with van der Waals surface area (Å²) in [6, 6.07) is 0. The standard InChI is InChI=1S/C21H40O4.C19H36O2.C10H20O/c1-2-3-4-5-6-7-8-9-10-11-12-13-14-15-16-17-21(24)25-19-20(23)18-22;1-3-4-5-6-7-8-9-10-11-12-13-14-15-16-17-18-19(20)21-2;1-2-3-4-5-6-7-8-9-10-11/h9-10,20,22-23H,2-8,11-19H2,1H3;10-11H,3-9,12-18H2,1-2H3;9-11H,2-8H2,1H3. The lowest BCUT2D eigenvalue weighted by Crippen LogP contribution is -2.21. The Kier molecular flexibility index (Phi) is 58.1. The third kappa shape index (κ3) is 60.7. The molecule has 338 valence electrons. The molecule has 0 saturated heterocycles. The molecule has 0 fully saturated rings. The van der Waals surface area contributed by atoms with Gasteiger partial charge in [-0.1, -0.05) is 186 Å². The van der Waals surface area contributed by atoms with E-state index in [0.29, 0.717) is 12.8 Å². The van der Waals surface area contributed by atoms with Crippen molar-refractivity contribution >= 4 is 11.9 Å². The number of ether oxygens (including phenoxy) is 2.